The number of para-hydroxylation sites is 1. The Hall–Kier alpha value is -5.88. The predicted molar refractivity (Wildman–Crippen MR) is 166 cm³/mol. The summed E-state index contributed by atoms with van der Waals surface area (Å²) in [6.07, 6.45) is 1.79. The molecule has 9 rings (SSSR count). The molecule has 0 spiro atoms. The van der Waals surface area contributed by atoms with E-state index in [0.29, 0.717) is 17.5 Å². The van der Waals surface area contributed by atoms with Crippen LogP contribution in [-0.2, 0) is 0 Å². The minimum absolute atomic E-state index is 0.570. The lowest BCUT2D eigenvalue weighted by atomic mass is 10.0. The van der Waals surface area contributed by atoms with Crippen molar-refractivity contribution in [3.8, 4) is 34.2 Å². The van der Waals surface area contributed by atoms with Crippen LogP contribution >= 0.6 is 0 Å². The molecule has 196 valence electrons. The third-order valence-electron chi connectivity index (χ3n) is 7.77. The summed E-state index contributed by atoms with van der Waals surface area (Å²) in [6, 6.07) is 38.3. The topological polar surface area (TPSA) is 77.8 Å². The van der Waals surface area contributed by atoms with E-state index in [4.69, 9.17) is 23.8 Å². The predicted octanol–water partition coefficient (Wildman–Crippen LogP) is 9.22. The Labute approximate surface area is 238 Å². The molecular formula is C36H20N4O2. The van der Waals surface area contributed by atoms with Crippen LogP contribution in [0.25, 0.3) is 88.9 Å². The van der Waals surface area contributed by atoms with Crippen LogP contribution in [0.4, 0.5) is 0 Å². The number of furan rings is 2. The molecule has 0 aliphatic carbocycles. The van der Waals surface area contributed by atoms with Gasteiger partial charge in [-0.15, -0.1) is 0 Å². The molecule has 0 fully saturated rings. The Bertz CT molecular complexity index is 2480. The molecule has 0 amide bonds. The molecule has 5 aromatic carbocycles. The smallest absolute Gasteiger partial charge is 0.164 e. The molecule has 0 saturated heterocycles. The quantitative estimate of drug-likeness (QED) is 0.222. The van der Waals surface area contributed by atoms with Crippen LogP contribution < -0.4 is 0 Å². The van der Waals surface area contributed by atoms with Crippen LogP contribution in [0.15, 0.2) is 130 Å². The third-order valence-corrected chi connectivity index (χ3v) is 7.77. The molecule has 42 heavy (non-hydrogen) atoms. The van der Waals surface area contributed by atoms with Crippen molar-refractivity contribution in [3.63, 3.8) is 0 Å². The van der Waals surface area contributed by atoms with Crippen LogP contribution in [0.5, 0.6) is 0 Å². The first-order chi connectivity index (χ1) is 20.8. The second-order valence-electron chi connectivity index (χ2n) is 10.3. The first kappa shape index (κ1) is 22.9. The van der Waals surface area contributed by atoms with E-state index in [1.165, 1.54) is 0 Å². The van der Waals surface area contributed by atoms with Crippen LogP contribution in [0.2, 0.25) is 0 Å². The number of pyridine rings is 1. The van der Waals surface area contributed by atoms with Crippen molar-refractivity contribution in [3.05, 3.63) is 121 Å². The first-order valence-electron chi connectivity index (χ1n) is 13.7. The standard InChI is InChI=1S/C36H20N4O2/c1-2-8-21(9-3-1)34-38-35(23-15-16-25-24-11-4-5-13-29(24)41-31(25)19-23)40-36(39-34)26-12-6-14-30-33(26)27-18-22-10-7-17-37-28(22)20-32(27)42-30/h1-20H. The van der Waals surface area contributed by atoms with Crippen molar-refractivity contribution in [2.45, 2.75) is 0 Å². The van der Waals surface area contributed by atoms with Crippen molar-refractivity contribution in [2.75, 3.05) is 0 Å². The molecule has 0 unspecified atom stereocenters. The van der Waals surface area contributed by atoms with Crippen molar-refractivity contribution < 1.29 is 8.83 Å². The van der Waals surface area contributed by atoms with Gasteiger partial charge in [0.25, 0.3) is 0 Å². The van der Waals surface area contributed by atoms with E-state index in [1.54, 1.807) is 6.20 Å². The molecule has 6 nitrogen and oxygen atoms in total. The molecule has 0 aliphatic rings. The number of rotatable bonds is 3. The lowest BCUT2D eigenvalue weighted by molar-refractivity contribution is 0.669. The highest BCUT2D eigenvalue weighted by atomic mass is 16.3. The summed E-state index contributed by atoms with van der Waals surface area (Å²) >= 11 is 0. The van der Waals surface area contributed by atoms with Gasteiger partial charge in [-0.05, 0) is 36.4 Å². The summed E-state index contributed by atoms with van der Waals surface area (Å²) in [6.45, 7) is 0. The van der Waals surface area contributed by atoms with Gasteiger partial charge in [-0.1, -0.05) is 72.8 Å². The normalized spacial score (nSPS) is 11.8. The maximum atomic E-state index is 6.31. The van der Waals surface area contributed by atoms with E-state index in [0.717, 1.165) is 71.5 Å². The number of fused-ring (bicyclic) bond motifs is 7. The Morgan fingerprint density at radius 3 is 2.12 bits per heavy atom. The fourth-order valence-corrected chi connectivity index (χ4v) is 5.79. The molecular weight excluding hydrogens is 520 g/mol. The largest absolute Gasteiger partial charge is 0.456 e. The SMILES string of the molecule is c1ccc(-c2nc(-c3ccc4c(c3)oc3ccccc34)nc(-c3cccc4oc5cc6ncccc6cc5c34)n2)cc1. The van der Waals surface area contributed by atoms with Gasteiger partial charge in [-0.2, -0.15) is 0 Å². The zero-order valence-electron chi connectivity index (χ0n) is 22.2. The van der Waals surface area contributed by atoms with Gasteiger partial charge in [0, 0.05) is 55.9 Å². The Balaban J connectivity index is 1.30. The highest BCUT2D eigenvalue weighted by Gasteiger charge is 2.19. The molecule has 0 aliphatic heterocycles. The third kappa shape index (κ3) is 3.52. The van der Waals surface area contributed by atoms with E-state index in [2.05, 4.69) is 29.2 Å². The summed E-state index contributed by atoms with van der Waals surface area (Å²) in [5, 5.41) is 5.14. The summed E-state index contributed by atoms with van der Waals surface area (Å²) in [5.41, 5.74) is 6.71. The van der Waals surface area contributed by atoms with Gasteiger partial charge in [-0.25, -0.2) is 15.0 Å². The first-order valence-corrected chi connectivity index (χ1v) is 13.7. The number of hydrogen-bond acceptors (Lipinski definition) is 6. The van der Waals surface area contributed by atoms with Crippen molar-refractivity contribution in [2.24, 2.45) is 0 Å². The average Bonchev–Trinajstić information content (AvgIpc) is 3.61. The Morgan fingerprint density at radius 1 is 0.452 bits per heavy atom. The van der Waals surface area contributed by atoms with E-state index in [-0.39, 0.29) is 0 Å². The second kappa shape index (κ2) is 8.81. The maximum Gasteiger partial charge on any atom is 0.164 e. The van der Waals surface area contributed by atoms with Gasteiger partial charge in [0.1, 0.15) is 22.3 Å². The summed E-state index contributed by atoms with van der Waals surface area (Å²) in [4.78, 5) is 19.5. The molecule has 9 aromatic rings. The minimum atomic E-state index is 0.570. The lowest BCUT2D eigenvalue weighted by Gasteiger charge is -2.09. The Morgan fingerprint density at radius 2 is 1.19 bits per heavy atom. The van der Waals surface area contributed by atoms with E-state index < -0.39 is 0 Å². The van der Waals surface area contributed by atoms with Gasteiger partial charge in [-0.3, -0.25) is 4.98 Å². The molecule has 4 aromatic heterocycles. The van der Waals surface area contributed by atoms with Crippen molar-refractivity contribution >= 4 is 54.8 Å². The molecule has 0 saturated carbocycles. The zero-order chi connectivity index (χ0) is 27.6. The highest BCUT2D eigenvalue weighted by molar-refractivity contribution is 6.14. The molecule has 6 heteroatoms. The van der Waals surface area contributed by atoms with Crippen molar-refractivity contribution in [1.29, 1.82) is 0 Å². The van der Waals surface area contributed by atoms with Gasteiger partial charge in [0.05, 0.1) is 5.52 Å². The van der Waals surface area contributed by atoms with Crippen LogP contribution in [-0.4, -0.2) is 19.9 Å². The molecule has 0 atom stereocenters. The number of benzene rings is 5. The van der Waals surface area contributed by atoms with E-state index in [9.17, 15) is 0 Å². The zero-order valence-corrected chi connectivity index (χ0v) is 22.2. The fourth-order valence-electron chi connectivity index (χ4n) is 5.79. The fraction of sp³-hybridized carbons (Fsp3) is 0. The molecule has 4 heterocycles. The van der Waals surface area contributed by atoms with Crippen LogP contribution in [0, 0.1) is 0 Å². The van der Waals surface area contributed by atoms with Crippen molar-refractivity contribution in [1.82, 2.24) is 19.9 Å². The number of aromatic nitrogens is 4. The summed E-state index contributed by atoms with van der Waals surface area (Å²) < 4.78 is 12.5. The summed E-state index contributed by atoms with van der Waals surface area (Å²) in [7, 11) is 0. The average molecular weight is 541 g/mol. The number of nitrogens with zero attached hydrogens (tertiary/aromatic N) is 4. The Kier molecular flexibility index (Phi) is 4.80. The van der Waals surface area contributed by atoms with Crippen LogP contribution in [0.3, 0.4) is 0 Å². The molecule has 0 bridgehead atoms. The van der Waals surface area contributed by atoms with Gasteiger partial charge >= 0.3 is 0 Å². The van der Waals surface area contributed by atoms with E-state index in [1.807, 2.05) is 91.0 Å². The molecule has 0 N–H and O–H groups in total. The maximum absolute atomic E-state index is 6.31. The number of hydrogen-bond donors (Lipinski definition) is 0. The highest BCUT2D eigenvalue weighted by Crippen LogP contribution is 2.38. The van der Waals surface area contributed by atoms with E-state index >= 15 is 0 Å². The van der Waals surface area contributed by atoms with Gasteiger partial charge < -0.3 is 8.83 Å². The summed E-state index contributed by atoms with van der Waals surface area (Å²) in [5.74, 6) is 1.74. The minimum Gasteiger partial charge on any atom is -0.456 e. The van der Waals surface area contributed by atoms with Crippen LogP contribution in [0.1, 0.15) is 0 Å². The molecule has 0 radical (unpaired) electrons. The lowest BCUT2D eigenvalue weighted by Crippen LogP contribution is -2.00. The second-order valence-corrected chi connectivity index (χ2v) is 10.3. The monoisotopic (exact) mass is 540 g/mol. The van der Waals surface area contributed by atoms with Gasteiger partial charge in [0.15, 0.2) is 17.5 Å². The van der Waals surface area contributed by atoms with Gasteiger partial charge in [0.2, 0.25) is 0 Å².